The number of thiazole rings is 1. The molecule has 1 saturated carbocycles. The van der Waals surface area contributed by atoms with Gasteiger partial charge in [0.15, 0.2) is 0 Å². The number of ether oxygens (including phenoxy) is 1. The van der Waals surface area contributed by atoms with Crippen LogP contribution in [-0.4, -0.2) is 22.9 Å². The number of nitrogens with zero attached hydrogens (tertiary/aromatic N) is 1. The average molecular weight is 422 g/mol. The third-order valence-electron chi connectivity index (χ3n) is 4.50. The van der Waals surface area contributed by atoms with Crippen molar-refractivity contribution in [3.05, 3.63) is 44.8 Å². The van der Waals surface area contributed by atoms with Gasteiger partial charge < -0.3 is 9.84 Å². The van der Waals surface area contributed by atoms with Crippen LogP contribution in [0.5, 0.6) is 5.75 Å². The van der Waals surface area contributed by atoms with E-state index in [2.05, 4.69) is 20.9 Å². The first-order chi connectivity index (χ1) is 11.2. The molecule has 0 saturated heterocycles. The van der Waals surface area contributed by atoms with Crippen LogP contribution < -0.4 is 4.74 Å². The summed E-state index contributed by atoms with van der Waals surface area (Å²) in [4.78, 5) is 4.00. The first-order valence-electron chi connectivity index (χ1n) is 7.27. The molecule has 1 atom stereocenters. The number of aromatic nitrogens is 1. The maximum Gasteiger partial charge on any atom is 0.397 e. The molecule has 24 heavy (non-hydrogen) atoms. The number of hydrogen-bond acceptors (Lipinski definition) is 4. The van der Waals surface area contributed by atoms with Crippen LogP contribution in [0.15, 0.2) is 34.4 Å². The summed E-state index contributed by atoms with van der Waals surface area (Å²) in [6, 6.07) is 5.21. The van der Waals surface area contributed by atoms with E-state index in [1.807, 2.05) is 0 Å². The van der Waals surface area contributed by atoms with Gasteiger partial charge in [-0.15, -0.1) is 11.3 Å². The van der Waals surface area contributed by atoms with E-state index in [1.165, 1.54) is 11.7 Å². The number of halogens is 4. The molecule has 3 rings (SSSR count). The predicted octanol–water partition coefficient (Wildman–Crippen LogP) is 4.82. The Morgan fingerprint density at radius 3 is 2.58 bits per heavy atom. The lowest BCUT2D eigenvalue weighted by Gasteiger charge is -2.36. The van der Waals surface area contributed by atoms with E-state index in [1.54, 1.807) is 25.1 Å². The van der Waals surface area contributed by atoms with Gasteiger partial charge in [-0.25, -0.2) is 0 Å². The minimum Gasteiger partial charge on any atom is -0.490 e. The molecule has 1 fully saturated rings. The van der Waals surface area contributed by atoms with Crippen molar-refractivity contribution in [2.45, 2.75) is 31.5 Å². The van der Waals surface area contributed by atoms with E-state index in [9.17, 15) is 18.3 Å². The van der Waals surface area contributed by atoms with Crippen LogP contribution in [0.1, 0.15) is 23.3 Å². The molecule has 3 nitrogen and oxygen atoms in total. The zero-order valence-electron chi connectivity index (χ0n) is 12.7. The van der Waals surface area contributed by atoms with Gasteiger partial charge >= 0.3 is 6.18 Å². The number of aryl methyl sites for hydroxylation is 1. The minimum absolute atomic E-state index is 0.117. The highest BCUT2D eigenvalue weighted by Gasteiger charge is 2.74. The van der Waals surface area contributed by atoms with Crippen molar-refractivity contribution in [2.75, 3.05) is 6.61 Å². The lowest BCUT2D eigenvalue weighted by Crippen LogP contribution is -2.49. The third-order valence-corrected chi connectivity index (χ3v) is 5.92. The molecule has 0 amide bonds. The van der Waals surface area contributed by atoms with Gasteiger partial charge in [0.05, 0.1) is 10.4 Å². The monoisotopic (exact) mass is 421 g/mol. The predicted molar refractivity (Wildman–Crippen MR) is 88.1 cm³/mol. The van der Waals surface area contributed by atoms with Gasteiger partial charge in [0, 0.05) is 10.7 Å². The van der Waals surface area contributed by atoms with E-state index in [0.717, 1.165) is 21.4 Å². The summed E-state index contributed by atoms with van der Waals surface area (Å²) in [7, 11) is 0. The summed E-state index contributed by atoms with van der Waals surface area (Å²) in [6.45, 7) is 1.32. The summed E-state index contributed by atoms with van der Waals surface area (Å²) in [5, 5.41) is 11.0. The van der Waals surface area contributed by atoms with Crippen LogP contribution in [0.4, 0.5) is 13.2 Å². The molecule has 0 spiro atoms. The molecule has 8 heteroatoms. The smallest absolute Gasteiger partial charge is 0.397 e. The number of rotatable bonds is 5. The summed E-state index contributed by atoms with van der Waals surface area (Å²) in [5.74, 6) is 0.444. The van der Waals surface area contributed by atoms with E-state index in [4.69, 9.17) is 4.74 Å². The second-order valence-corrected chi connectivity index (χ2v) is 7.81. The van der Waals surface area contributed by atoms with E-state index < -0.39 is 23.8 Å². The van der Waals surface area contributed by atoms with Gasteiger partial charge in [-0.1, -0.05) is 15.9 Å². The maximum absolute atomic E-state index is 13.6. The molecule has 1 unspecified atom stereocenters. The second kappa shape index (κ2) is 6.00. The molecule has 2 aromatic rings. The number of alkyl halides is 3. The summed E-state index contributed by atoms with van der Waals surface area (Å²) >= 11 is 4.33. The Morgan fingerprint density at radius 2 is 2.08 bits per heavy atom. The van der Waals surface area contributed by atoms with Crippen molar-refractivity contribution in [1.29, 1.82) is 0 Å². The number of aliphatic hydroxyl groups is 1. The Balaban J connectivity index is 1.93. The fourth-order valence-electron chi connectivity index (χ4n) is 2.88. The standard InChI is InChI=1S/C16H15BrF3NO2S/c1-10-6-11(17)2-3-12(10)23-8-15(22,13-7-21-9-24-13)14(4-5-14)16(18,19)20/h2-3,6-7,9,22H,4-5,8H2,1H3. The van der Waals surface area contributed by atoms with Gasteiger partial charge in [-0.2, -0.15) is 13.2 Å². The Hall–Kier alpha value is -1.12. The highest BCUT2D eigenvalue weighted by atomic mass is 79.9. The minimum atomic E-state index is -4.51. The lowest BCUT2D eigenvalue weighted by molar-refractivity contribution is -0.251. The molecule has 1 aromatic carbocycles. The molecule has 0 aliphatic heterocycles. The summed E-state index contributed by atoms with van der Waals surface area (Å²) < 4.78 is 47.3. The van der Waals surface area contributed by atoms with Crippen LogP contribution in [0.3, 0.4) is 0 Å². The summed E-state index contributed by atoms with van der Waals surface area (Å²) in [5.41, 5.74) is -2.13. The van der Waals surface area contributed by atoms with Crippen LogP contribution >= 0.6 is 27.3 Å². The van der Waals surface area contributed by atoms with Gasteiger partial charge in [-0.05, 0) is 43.5 Å². The van der Waals surface area contributed by atoms with Crippen molar-refractivity contribution in [3.63, 3.8) is 0 Å². The fraction of sp³-hybridized carbons (Fsp3) is 0.438. The van der Waals surface area contributed by atoms with Gasteiger partial charge in [0.2, 0.25) is 0 Å². The second-order valence-electron chi connectivity index (χ2n) is 6.00. The molecule has 1 aliphatic carbocycles. The Labute approximate surface area is 149 Å². The lowest BCUT2D eigenvalue weighted by atomic mass is 9.83. The zero-order chi connectivity index (χ0) is 17.6. The Kier molecular flexibility index (Phi) is 4.42. The number of hydrogen-bond donors (Lipinski definition) is 1. The SMILES string of the molecule is Cc1cc(Br)ccc1OCC(O)(c1cncs1)C1(C(F)(F)F)CC1. The van der Waals surface area contributed by atoms with Crippen molar-refractivity contribution in [3.8, 4) is 5.75 Å². The fourth-order valence-corrected chi connectivity index (χ4v) is 4.16. The van der Waals surface area contributed by atoms with E-state index in [-0.39, 0.29) is 17.7 Å². The van der Waals surface area contributed by atoms with Crippen LogP contribution in [0.25, 0.3) is 0 Å². The largest absolute Gasteiger partial charge is 0.490 e. The highest BCUT2D eigenvalue weighted by molar-refractivity contribution is 9.10. The molecule has 1 N–H and O–H groups in total. The van der Waals surface area contributed by atoms with Crippen LogP contribution in [0.2, 0.25) is 0 Å². The van der Waals surface area contributed by atoms with Gasteiger partial charge in [0.25, 0.3) is 0 Å². The third kappa shape index (κ3) is 2.84. The quantitative estimate of drug-likeness (QED) is 0.751. The highest BCUT2D eigenvalue weighted by Crippen LogP contribution is 2.67. The Morgan fingerprint density at radius 1 is 1.38 bits per heavy atom. The maximum atomic E-state index is 13.6. The molecule has 1 aromatic heterocycles. The van der Waals surface area contributed by atoms with E-state index >= 15 is 0 Å². The Bertz CT molecular complexity index is 731. The van der Waals surface area contributed by atoms with E-state index in [0.29, 0.717) is 5.75 Å². The molecule has 0 bridgehead atoms. The first-order valence-corrected chi connectivity index (χ1v) is 8.94. The van der Waals surface area contributed by atoms with Gasteiger partial charge in [0.1, 0.15) is 23.4 Å². The van der Waals surface area contributed by atoms with Crippen molar-refractivity contribution >= 4 is 27.3 Å². The van der Waals surface area contributed by atoms with Crippen molar-refractivity contribution in [2.24, 2.45) is 5.41 Å². The molecule has 130 valence electrons. The van der Waals surface area contributed by atoms with Crippen LogP contribution in [-0.2, 0) is 5.60 Å². The van der Waals surface area contributed by atoms with Gasteiger partial charge in [-0.3, -0.25) is 4.98 Å². The molecular weight excluding hydrogens is 407 g/mol. The average Bonchev–Trinajstić information content (AvgIpc) is 3.15. The normalized spacial score (nSPS) is 18.9. The summed E-state index contributed by atoms with van der Waals surface area (Å²) in [6.07, 6.45) is -3.46. The van der Waals surface area contributed by atoms with Crippen molar-refractivity contribution in [1.82, 2.24) is 4.98 Å². The molecular formula is C16H15BrF3NO2S. The molecule has 1 heterocycles. The topological polar surface area (TPSA) is 42.4 Å². The molecule has 1 aliphatic rings. The molecule has 0 radical (unpaired) electrons. The number of benzene rings is 1. The van der Waals surface area contributed by atoms with Crippen LogP contribution in [0, 0.1) is 12.3 Å². The zero-order valence-corrected chi connectivity index (χ0v) is 15.1. The first kappa shape index (κ1) is 17.7. The van der Waals surface area contributed by atoms with Crippen molar-refractivity contribution < 1.29 is 23.0 Å².